The van der Waals surface area contributed by atoms with E-state index in [4.69, 9.17) is 0 Å². The molecule has 0 aliphatic rings. The quantitative estimate of drug-likeness (QED) is 0.429. The summed E-state index contributed by atoms with van der Waals surface area (Å²) in [6.07, 6.45) is 13.2. The number of hydrogen-bond acceptors (Lipinski definition) is 1. The molecule has 2 N–H and O–H groups in total. The van der Waals surface area contributed by atoms with Crippen LogP contribution in [0.5, 0.6) is 0 Å². The monoisotopic (exact) mass is 332 g/mol. The van der Waals surface area contributed by atoms with Crippen molar-refractivity contribution >= 4 is 6.03 Å². The van der Waals surface area contributed by atoms with E-state index in [1.54, 1.807) is 0 Å². The van der Waals surface area contributed by atoms with Crippen LogP contribution in [0.25, 0.3) is 0 Å². The molecule has 0 saturated carbocycles. The van der Waals surface area contributed by atoms with E-state index in [1.165, 1.54) is 57.8 Å². The fraction of sp³-hybridized carbons (Fsp3) is 0.667. The average molecular weight is 333 g/mol. The van der Waals surface area contributed by atoms with E-state index in [2.05, 4.69) is 17.6 Å². The van der Waals surface area contributed by atoms with Gasteiger partial charge in [0.1, 0.15) is 0 Å². The summed E-state index contributed by atoms with van der Waals surface area (Å²) in [6, 6.07) is 10.0. The lowest BCUT2D eigenvalue weighted by Gasteiger charge is -2.15. The van der Waals surface area contributed by atoms with Crippen molar-refractivity contribution in [1.29, 1.82) is 0 Å². The molecule has 3 nitrogen and oxygen atoms in total. The van der Waals surface area contributed by atoms with Gasteiger partial charge in [-0.3, -0.25) is 0 Å². The average Bonchev–Trinajstić information content (AvgIpc) is 2.60. The number of rotatable bonds is 13. The molecule has 0 saturated heterocycles. The Morgan fingerprint density at radius 1 is 0.875 bits per heavy atom. The molecule has 136 valence electrons. The maximum absolute atomic E-state index is 11.9. The number of urea groups is 1. The molecule has 24 heavy (non-hydrogen) atoms. The highest BCUT2D eigenvalue weighted by Gasteiger charge is 2.07. The second-order valence-corrected chi connectivity index (χ2v) is 6.71. The fourth-order valence-corrected chi connectivity index (χ4v) is 2.89. The van der Waals surface area contributed by atoms with Crippen molar-refractivity contribution in [3.63, 3.8) is 0 Å². The zero-order valence-corrected chi connectivity index (χ0v) is 15.7. The predicted molar refractivity (Wildman–Crippen MR) is 103 cm³/mol. The summed E-state index contributed by atoms with van der Waals surface area (Å²) in [7, 11) is 0. The van der Waals surface area contributed by atoms with Gasteiger partial charge in [-0.2, -0.15) is 0 Å². The molecule has 1 rings (SSSR count). The third kappa shape index (κ3) is 10.3. The highest BCUT2D eigenvalue weighted by molar-refractivity contribution is 5.74. The zero-order chi connectivity index (χ0) is 17.5. The summed E-state index contributed by atoms with van der Waals surface area (Å²) in [4.78, 5) is 11.9. The third-order valence-electron chi connectivity index (χ3n) is 4.46. The Hall–Kier alpha value is -1.51. The Labute approximate surface area is 148 Å². The standard InChI is InChI=1S/C21H36N2O/c1-3-4-5-6-7-8-9-10-11-15-18-22-21(24)23-19(2)20-16-13-12-14-17-20/h12-14,16-17,19H,3-11,15,18H2,1-2H3,(H2,22,23,24)/t19-/m1/s1. The van der Waals surface area contributed by atoms with Crippen LogP contribution in [-0.4, -0.2) is 12.6 Å². The number of carbonyl (C=O) groups excluding carboxylic acids is 1. The van der Waals surface area contributed by atoms with E-state index in [9.17, 15) is 4.79 Å². The van der Waals surface area contributed by atoms with Crippen LogP contribution in [0.1, 0.15) is 89.7 Å². The Kier molecular flexibility index (Phi) is 11.9. The largest absolute Gasteiger partial charge is 0.338 e. The molecule has 1 aromatic carbocycles. The SMILES string of the molecule is CCCCCCCCCCCCNC(=O)N[C@H](C)c1ccccc1. The summed E-state index contributed by atoms with van der Waals surface area (Å²) in [6.45, 7) is 5.04. The van der Waals surface area contributed by atoms with E-state index >= 15 is 0 Å². The summed E-state index contributed by atoms with van der Waals surface area (Å²) < 4.78 is 0. The minimum absolute atomic E-state index is 0.0407. The Morgan fingerprint density at radius 2 is 1.42 bits per heavy atom. The number of nitrogens with one attached hydrogen (secondary N) is 2. The molecule has 0 aromatic heterocycles. The van der Waals surface area contributed by atoms with Gasteiger partial charge in [0.25, 0.3) is 0 Å². The van der Waals surface area contributed by atoms with Gasteiger partial charge in [-0.15, -0.1) is 0 Å². The number of benzene rings is 1. The molecule has 0 bridgehead atoms. The fourth-order valence-electron chi connectivity index (χ4n) is 2.89. The van der Waals surface area contributed by atoms with Crippen LogP contribution in [0.4, 0.5) is 4.79 Å². The van der Waals surface area contributed by atoms with Crippen molar-refractivity contribution < 1.29 is 4.79 Å². The minimum atomic E-state index is -0.0673. The van der Waals surface area contributed by atoms with Gasteiger partial charge >= 0.3 is 6.03 Å². The number of amides is 2. The van der Waals surface area contributed by atoms with Gasteiger partial charge in [0.05, 0.1) is 6.04 Å². The Morgan fingerprint density at radius 3 is 2.00 bits per heavy atom. The van der Waals surface area contributed by atoms with Gasteiger partial charge in [-0.1, -0.05) is 95.0 Å². The zero-order valence-electron chi connectivity index (χ0n) is 15.7. The van der Waals surface area contributed by atoms with Crippen molar-refractivity contribution in [2.75, 3.05) is 6.54 Å². The molecule has 0 aliphatic heterocycles. The maximum Gasteiger partial charge on any atom is 0.315 e. The minimum Gasteiger partial charge on any atom is -0.338 e. The molecule has 0 unspecified atom stereocenters. The van der Waals surface area contributed by atoms with Gasteiger partial charge in [-0.05, 0) is 18.9 Å². The summed E-state index contributed by atoms with van der Waals surface area (Å²) >= 11 is 0. The van der Waals surface area contributed by atoms with E-state index in [-0.39, 0.29) is 12.1 Å². The first-order chi connectivity index (χ1) is 11.7. The number of hydrogen-bond donors (Lipinski definition) is 2. The van der Waals surface area contributed by atoms with Gasteiger partial charge in [0, 0.05) is 6.54 Å². The molecule has 0 aliphatic carbocycles. The molecule has 1 aromatic rings. The van der Waals surface area contributed by atoms with Crippen LogP contribution in [0.3, 0.4) is 0 Å². The van der Waals surface area contributed by atoms with Crippen molar-refractivity contribution in [2.45, 2.75) is 84.1 Å². The predicted octanol–water partition coefficient (Wildman–Crippen LogP) is 5.97. The van der Waals surface area contributed by atoms with Crippen molar-refractivity contribution in [2.24, 2.45) is 0 Å². The molecule has 3 heteroatoms. The molecular formula is C21H36N2O. The van der Waals surface area contributed by atoms with Crippen molar-refractivity contribution in [3.8, 4) is 0 Å². The van der Waals surface area contributed by atoms with Gasteiger partial charge < -0.3 is 10.6 Å². The van der Waals surface area contributed by atoms with E-state index in [0.29, 0.717) is 0 Å². The van der Waals surface area contributed by atoms with Crippen LogP contribution in [0.2, 0.25) is 0 Å². The first kappa shape index (κ1) is 20.5. The lowest BCUT2D eigenvalue weighted by atomic mass is 10.1. The smallest absolute Gasteiger partial charge is 0.315 e. The normalized spacial score (nSPS) is 11.9. The topological polar surface area (TPSA) is 41.1 Å². The number of carbonyl (C=O) groups is 1. The van der Waals surface area contributed by atoms with Crippen LogP contribution in [0.15, 0.2) is 30.3 Å². The summed E-state index contributed by atoms with van der Waals surface area (Å²) in [5.74, 6) is 0. The summed E-state index contributed by atoms with van der Waals surface area (Å²) in [5, 5.41) is 5.94. The summed E-state index contributed by atoms with van der Waals surface area (Å²) in [5.41, 5.74) is 1.13. The Balaban J connectivity index is 1.93. The lowest BCUT2D eigenvalue weighted by Crippen LogP contribution is -2.37. The molecule has 0 spiro atoms. The first-order valence-corrected chi connectivity index (χ1v) is 9.83. The molecular weight excluding hydrogens is 296 g/mol. The van der Waals surface area contributed by atoms with E-state index < -0.39 is 0 Å². The highest BCUT2D eigenvalue weighted by atomic mass is 16.2. The third-order valence-corrected chi connectivity index (χ3v) is 4.46. The molecule has 0 fully saturated rings. The van der Waals surface area contributed by atoms with Gasteiger partial charge in [0.15, 0.2) is 0 Å². The maximum atomic E-state index is 11.9. The van der Waals surface area contributed by atoms with Crippen LogP contribution >= 0.6 is 0 Å². The van der Waals surface area contributed by atoms with Crippen molar-refractivity contribution in [3.05, 3.63) is 35.9 Å². The lowest BCUT2D eigenvalue weighted by molar-refractivity contribution is 0.237. The second-order valence-electron chi connectivity index (χ2n) is 6.71. The Bertz CT molecular complexity index is 419. The molecule has 1 atom stereocenters. The molecule has 0 heterocycles. The van der Waals surface area contributed by atoms with Crippen LogP contribution in [0, 0.1) is 0 Å². The molecule has 0 radical (unpaired) electrons. The first-order valence-electron chi connectivity index (χ1n) is 9.83. The van der Waals surface area contributed by atoms with E-state index in [0.717, 1.165) is 18.5 Å². The van der Waals surface area contributed by atoms with Gasteiger partial charge in [-0.25, -0.2) is 4.79 Å². The van der Waals surface area contributed by atoms with Crippen LogP contribution in [-0.2, 0) is 0 Å². The van der Waals surface area contributed by atoms with Crippen LogP contribution < -0.4 is 10.6 Å². The van der Waals surface area contributed by atoms with Crippen molar-refractivity contribution in [1.82, 2.24) is 10.6 Å². The molecule has 2 amide bonds. The second kappa shape index (κ2) is 13.9. The highest BCUT2D eigenvalue weighted by Crippen LogP contribution is 2.11. The number of unbranched alkanes of at least 4 members (excludes halogenated alkanes) is 9. The van der Waals surface area contributed by atoms with Gasteiger partial charge in [0.2, 0.25) is 0 Å². The van der Waals surface area contributed by atoms with E-state index in [1.807, 2.05) is 37.3 Å².